The Morgan fingerprint density at radius 1 is 1.23 bits per heavy atom. The van der Waals surface area contributed by atoms with Gasteiger partial charge in [-0.3, -0.25) is 14.4 Å². The second kappa shape index (κ2) is 6.80. The molecule has 1 N–H and O–H groups in total. The second-order valence-corrected chi connectivity index (χ2v) is 6.53. The molecule has 0 spiro atoms. The number of nitrogens with one attached hydrogen (secondary N) is 1. The largest absolute Gasteiger partial charge is 0.493 e. The average Bonchev–Trinajstić information content (AvgIpc) is 3.02. The van der Waals surface area contributed by atoms with Crippen LogP contribution in [0.1, 0.15) is 23.0 Å². The van der Waals surface area contributed by atoms with Crippen LogP contribution < -0.4 is 10.1 Å². The minimum atomic E-state index is -0.200. The molecule has 0 aliphatic carbocycles. The summed E-state index contributed by atoms with van der Waals surface area (Å²) in [6.45, 7) is 5.04. The summed E-state index contributed by atoms with van der Waals surface area (Å²) in [4.78, 5) is 15.3. The van der Waals surface area contributed by atoms with Gasteiger partial charge in [-0.25, -0.2) is 0 Å². The zero-order valence-corrected chi connectivity index (χ0v) is 15.0. The first-order chi connectivity index (χ1) is 12.7. The van der Waals surface area contributed by atoms with Crippen molar-refractivity contribution in [2.75, 3.05) is 25.5 Å². The van der Waals surface area contributed by atoms with Gasteiger partial charge in [-0.15, -0.1) is 0 Å². The number of aromatic nitrogens is 2. The summed E-state index contributed by atoms with van der Waals surface area (Å²) in [5.41, 5.74) is 1.66. The lowest BCUT2D eigenvalue weighted by Gasteiger charge is -2.22. The summed E-state index contributed by atoms with van der Waals surface area (Å²) < 4.78 is 7.67. The predicted molar refractivity (Wildman–Crippen MR) is 102 cm³/mol. The number of anilines is 1. The number of likely N-dealkylation sites (N-methyl/N-ethyl adjacent to an activating group) is 1. The fraction of sp³-hybridized carbons (Fsp3) is 0.300. The van der Waals surface area contributed by atoms with E-state index in [1.165, 1.54) is 0 Å². The molecule has 0 saturated heterocycles. The fourth-order valence-electron chi connectivity index (χ4n) is 3.40. The third-order valence-corrected chi connectivity index (χ3v) is 4.65. The van der Waals surface area contributed by atoms with Crippen LogP contribution in [-0.4, -0.2) is 40.8 Å². The number of carbonyl (C=O) groups excluding carboxylic acids is 1. The summed E-state index contributed by atoms with van der Waals surface area (Å²) in [5, 5.41) is 9.36. The van der Waals surface area contributed by atoms with Crippen LogP contribution in [0.3, 0.4) is 0 Å². The van der Waals surface area contributed by atoms with Crippen LogP contribution in [0.25, 0.3) is 10.8 Å². The van der Waals surface area contributed by atoms with E-state index in [1.54, 1.807) is 0 Å². The number of rotatable bonds is 4. The molecule has 1 aliphatic heterocycles. The molecular formula is C20H22N4O2. The number of hydrogen-bond acceptors (Lipinski definition) is 4. The van der Waals surface area contributed by atoms with Crippen molar-refractivity contribution in [2.24, 2.45) is 0 Å². The van der Waals surface area contributed by atoms with Gasteiger partial charge in [-0.1, -0.05) is 30.3 Å². The Morgan fingerprint density at radius 3 is 2.92 bits per heavy atom. The van der Waals surface area contributed by atoms with Gasteiger partial charge in [0.05, 0.1) is 24.4 Å². The van der Waals surface area contributed by atoms with Crippen molar-refractivity contribution in [1.29, 1.82) is 0 Å². The summed E-state index contributed by atoms with van der Waals surface area (Å²) in [6.07, 6.45) is 0. The van der Waals surface area contributed by atoms with Gasteiger partial charge >= 0.3 is 0 Å². The molecule has 6 nitrogen and oxygen atoms in total. The number of hydrogen-bond donors (Lipinski definition) is 1. The van der Waals surface area contributed by atoms with Crippen molar-refractivity contribution in [3.8, 4) is 5.75 Å². The molecule has 4 rings (SSSR count). The number of fused-ring (bicyclic) bond motifs is 2. The minimum Gasteiger partial charge on any atom is -0.493 e. The zero-order valence-electron chi connectivity index (χ0n) is 15.0. The predicted octanol–water partition coefficient (Wildman–Crippen LogP) is 3.13. The number of benzene rings is 2. The van der Waals surface area contributed by atoms with E-state index in [0.29, 0.717) is 23.7 Å². The van der Waals surface area contributed by atoms with Crippen LogP contribution in [0.15, 0.2) is 42.5 Å². The average molecular weight is 350 g/mol. The van der Waals surface area contributed by atoms with Crippen LogP contribution >= 0.6 is 0 Å². The summed E-state index contributed by atoms with van der Waals surface area (Å²) in [7, 11) is 2.08. The highest BCUT2D eigenvalue weighted by atomic mass is 16.5. The molecule has 0 radical (unpaired) electrons. The Morgan fingerprint density at radius 2 is 2.08 bits per heavy atom. The molecule has 2 heterocycles. The quantitative estimate of drug-likeness (QED) is 0.785. The Balaban J connectivity index is 1.69. The lowest BCUT2D eigenvalue weighted by Crippen LogP contribution is -2.30. The third-order valence-electron chi connectivity index (χ3n) is 4.65. The third kappa shape index (κ3) is 3.04. The molecule has 0 bridgehead atoms. The highest BCUT2D eigenvalue weighted by molar-refractivity contribution is 6.14. The molecule has 1 aromatic heterocycles. The van der Waals surface area contributed by atoms with Gasteiger partial charge in [0.25, 0.3) is 5.91 Å². The Bertz CT molecular complexity index is 964. The zero-order chi connectivity index (χ0) is 18.1. The highest BCUT2D eigenvalue weighted by Gasteiger charge is 2.20. The van der Waals surface area contributed by atoms with Crippen LogP contribution in [0, 0.1) is 0 Å². The molecule has 0 saturated carbocycles. The molecule has 2 aromatic carbocycles. The first-order valence-corrected chi connectivity index (χ1v) is 8.87. The van der Waals surface area contributed by atoms with Gasteiger partial charge in [0.2, 0.25) is 0 Å². The lowest BCUT2D eigenvalue weighted by atomic mass is 10.0. The topological polar surface area (TPSA) is 59.4 Å². The van der Waals surface area contributed by atoms with Crippen molar-refractivity contribution in [3.05, 3.63) is 53.7 Å². The van der Waals surface area contributed by atoms with Crippen molar-refractivity contribution >= 4 is 22.5 Å². The molecule has 26 heavy (non-hydrogen) atoms. The van der Waals surface area contributed by atoms with Gasteiger partial charge < -0.3 is 10.1 Å². The summed E-state index contributed by atoms with van der Waals surface area (Å²) >= 11 is 0. The van der Waals surface area contributed by atoms with Crippen molar-refractivity contribution in [1.82, 2.24) is 14.7 Å². The van der Waals surface area contributed by atoms with Gasteiger partial charge in [-0.05, 0) is 30.8 Å². The van der Waals surface area contributed by atoms with E-state index in [-0.39, 0.29) is 5.91 Å². The molecule has 6 heteroatoms. The van der Waals surface area contributed by atoms with E-state index in [4.69, 9.17) is 4.74 Å². The highest BCUT2D eigenvalue weighted by Crippen LogP contribution is 2.29. The first-order valence-electron chi connectivity index (χ1n) is 8.87. The van der Waals surface area contributed by atoms with E-state index in [0.717, 1.165) is 36.1 Å². The van der Waals surface area contributed by atoms with Gasteiger partial charge in [0.1, 0.15) is 5.75 Å². The molecule has 0 unspecified atom stereocenters. The number of amides is 1. The van der Waals surface area contributed by atoms with Gasteiger partial charge in [0.15, 0.2) is 5.82 Å². The van der Waals surface area contributed by atoms with E-state index >= 15 is 0 Å². The maximum atomic E-state index is 13.1. The summed E-state index contributed by atoms with van der Waals surface area (Å²) in [5.74, 6) is 0.970. The van der Waals surface area contributed by atoms with E-state index in [1.807, 2.05) is 54.1 Å². The summed E-state index contributed by atoms with van der Waals surface area (Å²) in [6, 6.07) is 13.6. The molecule has 1 aliphatic rings. The SMILES string of the molecule is CCOc1ccc2ccccc2c1C(=O)Nc1cc2n(n1)CCN(C)C2. The monoisotopic (exact) mass is 350 g/mol. The molecule has 0 atom stereocenters. The van der Waals surface area contributed by atoms with Crippen molar-refractivity contribution in [2.45, 2.75) is 20.0 Å². The Labute approximate surface area is 152 Å². The van der Waals surface area contributed by atoms with Crippen LogP contribution in [-0.2, 0) is 13.1 Å². The van der Waals surface area contributed by atoms with E-state index < -0.39 is 0 Å². The molecule has 134 valence electrons. The standard InChI is InChI=1S/C20H22N4O2/c1-3-26-17-9-8-14-6-4-5-7-16(14)19(17)20(25)21-18-12-15-13-23(2)10-11-24(15)22-18/h4-9,12H,3,10-11,13H2,1-2H3,(H,21,22,25). The number of ether oxygens (including phenoxy) is 1. The molecule has 0 fully saturated rings. The van der Waals surface area contributed by atoms with Gasteiger partial charge in [-0.2, -0.15) is 5.10 Å². The lowest BCUT2D eigenvalue weighted by molar-refractivity contribution is 0.102. The number of nitrogens with zero attached hydrogens (tertiary/aromatic N) is 3. The first kappa shape index (κ1) is 16.6. The fourth-order valence-corrected chi connectivity index (χ4v) is 3.40. The smallest absolute Gasteiger partial charge is 0.261 e. The van der Waals surface area contributed by atoms with Crippen LogP contribution in [0.2, 0.25) is 0 Å². The molecule has 3 aromatic rings. The van der Waals surface area contributed by atoms with Crippen molar-refractivity contribution in [3.63, 3.8) is 0 Å². The van der Waals surface area contributed by atoms with Gasteiger partial charge in [0, 0.05) is 19.2 Å². The maximum absolute atomic E-state index is 13.1. The number of carbonyl (C=O) groups is 1. The van der Waals surface area contributed by atoms with E-state index in [2.05, 4.69) is 22.4 Å². The van der Waals surface area contributed by atoms with E-state index in [9.17, 15) is 4.79 Å². The molecular weight excluding hydrogens is 328 g/mol. The van der Waals surface area contributed by atoms with Crippen LogP contribution in [0.5, 0.6) is 5.75 Å². The maximum Gasteiger partial charge on any atom is 0.261 e. The normalized spacial score (nSPS) is 14.2. The Kier molecular flexibility index (Phi) is 4.34. The molecule has 1 amide bonds. The van der Waals surface area contributed by atoms with Crippen molar-refractivity contribution < 1.29 is 9.53 Å². The second-order valence-electron chi connectivity index (χ2n) is 6.53. The minimum absolute atomic E-state index is 0.200. The Hall–Kier alpha value is -2.86. The van der Waals surface area contributed by atoms with Crippen LogP contribution in [0.4, 0.5) is 5.82 Å².